The van der Waals surface area contributed by atoms with E-state index in [1.165, 1.54) is 25.7 Å². The Morgan fingerprint density at radius 3 is 2.27 bits per heavy atom. The van der Waals surface area contributed by atoms with Gasteiger partial charge >= 0.3 is 0 Å². The van der Waals surface area contributed by atoms with Crippen LogP contribution in [0.5, 0.6) is 0 Å². The van der Waals surface area contributed by atoms with E-state index in [1.54, 1.807) is 0 Å². The summed E-state index contributed by atoms with van der Waals surface area (Å²) in [6.07, 6.45) is 4.79. The van der Waals surface area contributed by atoms with E-state index >= 15 is 0 Å². The molecule has 2 aromatic rings. The van der Waals surface area contributed by atoms with Gasteiger partial charge in [0, 0.05) is 37.8 Å². The molecule has 0 bridgehead atoms. The van der Waals surface area contributed by atoms with Crippen molar-refractivity contribution in [1.29, 1.82) is 0 Å². The van der Waals surface area contributed by atoms with Crippen LogP contribution in [-0.2, 0) is 0 Å². The zero-order valence-corrected chi connectivity index (χ0v) is 15.0. The number of nitrogens with zero attached hydrogens (tertiary/aromatic N) is 4. The molecule has 26 heavy (non-hydrogen) atoms. The van der Waals surface area contributed by atoms with Gasteiger partial charge in [0.1, 0.15) is 11.6 Å². The predicted molar refractivity (Wildman–Crippen MR) is 104 cm³/mol. The number of aromatic nitrogens is 2. The zero-order chi connectivity index (χ0) is 17.8. The van der Waals surface area contributed by atoms with Crippen LogP contribution < -0.4 is 15.1 Å². The number of nitrogens with one attached hydrogen (secondary N) is 1. The lowest BCUT2D eigenvalue weighted by atomic mass is 10.1. The highest BCUT2D eigenvalue weighted by Gasteiger charge is 2.20. The van der Waals surface area contributed by atoms with Gasteiger partial charge in [-0.25, -0.2) is 0 Å². The van der Waals surface area contributed by atoms with Crippen LogP contribution in [0.4, 0.5) is 17.6 Å². The molecular formula is C20H25N5O. The van der Waals surface area contributed by atoms with E-state index in [-0.39, 0.29) is 12.3 Å². The Kier molecular flexibility index (Phi) is 5.00. The van der Waals surface area contributed by atoms with Gasteiger partial charge in [-0.2, -0.15) is 9.97 Å². The van der Waals surface area contributed by atoms with Gasteiger partial charge in [0.15, 0.2) is 5.78 Å². The third-order valence-corrected chi connectivity index (χ3v) is 5.05. The number of hydrogen-bond acceptors (Lipinski definition) is 6. The van der Waals surface area contributed by atoms with Crippen LogP contribution in [0.25, 0.3) is 0 Å². The Balaban J connectivity index is 1.52. The molecule has 2 saturated heterocycles. The highest BCUT2D eigenvalue weighted by Crippen LogP contribution is 2.25. The third kappa shape index (κ3) is 3.79. The van der Waals surface area contributed by atoms with Crippen molar-refractivity contribution in [1.82, 2.24) is 9.97 Å². The molecule has 0 amide bonds. The molecule has 136 valence electrons. The molecule has 3 heterocycles. The Bertz CT molecular complexity index is 718. The first kappa shape index (κ1) is 16.8. The second-order valence-corrected chi connectivity index (χ2v) is 6.94. The number of anilines is 3. The number of carbonyl (C=O) groups is 1. The number of Topliss-reactive ketones (excluding diaryl/α,β-unsaturated/α-hetero) is 1. The molecule has 6 heteroatoms. The highest BCUT2D eigenvalue weighted by atomic mass is 16.1. The van der Waals surface area contributed by atoms with Gasteiger partial charge < -0.3 is 15.1 Å². The molecule has 2 aliphatic heterocycles. The molecule has 2 fully saturated rings. The minimum Gasteiger partial charge on any atom is -0.362 e. The fraction of sp³-hybridized carbons (Fsp3) is 0.450. The van der Waals surface area contributed by atoms with Crippen LogP contribution in [-0.4, -0.2) is 48.5 Å². The van der Waals surface area contributed by atoms with E-state index in [4.69, 9.17) is 4.98 Å². The van der Waals surface area contributed by atoms with E-state index in [1.807, 2.05) is 36.4 Å². The Hall–Kier alpha value is -2.63. The number of carbonyl (C=O) groups excluding carboxylic acids is 1. The Morgan fingerprint density at radius 2 is 1.58 bits per heavy atom. The second kappa shape index (κ2) is 7.72. The Labute approximate surface area is 154 Å². The quantitative estimate of drug-likeness (QED) is 0.808. The first-order valence-corrected chi connectivity index (χ1v) is 9.51. The minimum atomic E-state index is 0.0645. The summed E-state index contributed by atoms with van der Waals surface area (Å²) in [5, 5.41) is 3.22. The van der Waals surface area contributed by atoms with E-state index in [9.17, 15) is 4.79 Å². The van der Waals surface area contributed by atoms with Crippen LogP contribution in [0, 0.1) is 0 Å². The van der Waals surface area contributed by atoms with E-state index < -0.39 is 0 Å². The second-order valence-electron chi connectivity index (χ2n) is 6.94. The molecule has 4 rings (SSSR count). The van der Waals surface area contributed by atoms with Crippen LogP contribution in [0.3, 0.4) is 0 Å². The molecule has 0 radical (unpaired) electrons. The molecule has 0 saturated carbocycles. The normalized spacial score (nSPS) is 16.9. The standard InChI is InChI=1S/C20H25N5O/c26-17(16-8-2-1-3-9-16)15-21-18-14-19(24-10-4-5-11-24)23-20(22-18)25-12-6-7-13-25/h1-3,8-9,14H,4-7,10-13,15H2,(H,21,22,23). The van der Waals surface area contributed by atoms with Crippen LogP contribution in [0.1, 0.15) is 36.0 Å². The first-order valence-electron chi connectivity index (χ1n) is 9.51. The molecule has 6 nitrogen and oxygen atoms in total. The molecule has 0 aliphatic carbocycles. The maximum atomic E-state index is 12.4. The summed E-state index contributed by atoms with van der Waals surface area (Å²) in [6, 6.07) is 11.3. The van der Waals surface area contributed by atoms with E-state index in [0.29, 0.717) is 5.56 Å². The summed E-state index contributed by atoms with van der Waals surface area (Å²) in [6.45, 7) is 4.33. The van der Waals surface area contributed by atoms with Gasteiger partial charge in [0.2, 0.25) is 5.95 Å². The molecule has 0 atom stereocenters. The van der Waals surface area contributed by atoms with Gasteiger partial charge in [0.25, 0.3) is 0 Å². The summed E-state index contributed by atoms with van der Waals surface area (Å²) < 4.78 is 0. The summed E-state index contributed by atoms with van der Waals surface area (Å²) in [5.41, 5.74) is 0.716. The van der Waals surface area contributed by atoms with Crippen molar-refractivity contribution >= 4 is 23.4 Å². The molecule has 2 aliphatic rings. The summed E-state index contributed by atoms with van der Waals surface area (Å²) in [5.74, 6) is 2.54. The van der Waals surface area contributed by atoms with Gasteiger partial charge in [0.05, 0.1) is 6.54 Å². The molecule has 0 unspecified atom stereocenters. The number of rotatable bonds is 6. The van der Waals surface area contributed by atoms with Crippen molar-refractivity contribution in [2.45, 2.75) is 25.7 Å². The fourth-order valence-corrected chi connectivity index (χ4v) is 3.58. The first-order chi connectivity index (χ1) is 12.8. The third-order valence-electron chi connectivity index (χ3n) is 5.05. The molecule has 1 N–H and O–H groups in total. The number of ketones is 1. The van der Waals surface area contributed by atoms with Gasteiger partial charge in [-0.3, -0.25) is 4.79 Å². The van der Waals surface area contributed by atoms with Crippen molar-refractivity contribution in [3.8, 4) is 0 Å². The lowest BCUT2D eigenvalue weighted by molar-refractivity contribution is 0.101. The van der Waals surface area contributed by atoms with E-state index in [0.717, 1.165) is 43.8 Å². The average Bonchev–Trinajstić information content (AvgIpc) is 3.40. The van der Waals surface area contributed by atoms with Crippen molar-refractivity contribution in [2.75, 3.05) is 47.8 Å². The van der Waals surface area contributed by atoms with Crippen LogP contribution in [0.15, 0.2) is 36.4 Å². The topological polar surface area (TPSA) is 61.4 Å². The van der Waals surface area contributed by atoms with Crippen LogP contribution in [0.2, 0.25) is 0 Å². The predicted octanol–water partition coefficient (Wildman–Crippen LogP) is 2.97. The van der Waals surface area contributed by atoms with Gasteiger partial charge in [-0.15, -0.1) is 0 Å². The number of benzene rings is 1. The maximum absolute atomic E-state index is 12.4. The summed E-state index contributed by atoms with van der Waals surface area (Å²) in [7, 11) is 0. The van der Waals surface area contributed by atoms with E-state index in [2.05, 4.69) is 20.1 Å². The number of hydrogen-bond donors (Lipinski definition) is 1. The van der Waals surface area contributed by atoms with Gasteiger partial charge in [-0.1, -0.05) is 30.3 Å². The molecule has 0 spiro atoms. The fourth-order valence-electron chi connectivity index (χ4n) is 3.58. The SMILES string of the molecule is O=C(CNc1cc(N2CCCC2)nc(N2CCCC2)n1)c1ccccc1. The molecular weight excluding hydrogens is 326 g/mol. The summed E-state index contributed by atoms with van der Waals surface area (Å²) >= 11 is 0. The molecule has 1 aromatic carbocycles. The largest absolute Gasteiger partial charge is 0.362 e. The Morgan fingerprint density at radius 1 is 0.923 bits per heavy atom. The minimum absolute atomic E-state index is 0.0645. The maximum Gasteiger partial charge on any atom is 0.229 e. The van der Waals surface area contributed by atoms with Crippen molar-refractivity contribution in [2.24, 2.45) is 0 Å². The lowest BCUT2D eigenvalue weighted by Crippen LogP contribution is -2.25. The van der Waals surface area contributed by atoms with Crippen molar-refractivity contribution < 1.29 is 4.79 Å². The highest BCUT2D eigenvalue weighted by molar-refractivity contribution is 5.98. The van der Waals surface area contributed by atoms with Crippen molar-refractivity contribution in [3.63, 3.8) is 0 Å². The average molecular weight is 351 g/mol. The van der Waals surface area contributed by atoms with Crippen molar-refractivity contribution in [3.05, 3.63) is 42.0 Å². The lowest BCUT2D eigenvalue weighted by Gasteiger charge is -2.22. The monoisotopic (exact) mass is 351 g/mol. The van der Waals surface area contributed by atoms with Gasteiger partial charge in [-0.05, 0) is 25.7 Å². The smallest absolute Gasteiger partial charge is 0.229 e. The zero-order valence-electron chi connectivity index (χ0n) is 15.0. The summed E-state index contributed by atoms with van der Waals surface area (Å²) in [4.78, 5) is 26.4. The molecule has 1 aromatic heterocycles. The van der Waals surface area contributed by atoms with Crippen LogP contribution >= 0.6 is 0 Å².